The predicted molar refractivity (Wildman–Crippen MR) is 84.7 cm³/mol. The summed E-state index contributed by atoms with van der Waals surface area (Å²) >= 11 is 5.73. The van der Waals surface area contributed by atoms with E-state index in [1.807, 2.05) is 6.07 Å². The molecular weight excluding hydrogens is 322 g/mol. The van der Waals surface area contributed by atoms with E-state index in [1.54, 1.807) is 0 Å². The molecule has 8 heteroatoms. The molecule has 0 aliphatic rings. The third kappa shape index (κ3) is 3.70. The van der Waals surface area contributed by atoms with E-state index in [9.17, 15) is 25.5 Å². The van der Waals surface area contributed by atoms with Crippen molar-refractivity contribution in [3.05, 3.63) is 78.8 Å². The quantitative estimate of drug-likeness (QED) is 0.361. The number of hydrogen-bond donors (Lipinski definition) is 0. The third-order valence-corrected chi connectivity index (χ3v) is 3.31. The van der Waals surface area contributed by atoms with Gasteiger partial charge in [0.1, 0.15) is 5.02 Å². The lowest BCUT2D eigenvalue weighted by Crippen LogP contribution is -1.90. The fraction of sp³-hybridized carbons (Fsp3) is 0. The van der Waals surface area contributed by atoms with Crippen molar-refractivity contribution in [3.8, 4) is 6.07 Å². The van der Waals surface area contributed by atoms with E-state index in [2.05, 4.69) is 0 Å². The number of rotatable bonds is 4. The van der Waals surface area contributed by atoms with Crippen LogP contribution in [0.25, 0.3) is 11.6 Å². The minimum Gasteiger partial charge on any atom is -0.258 e. The molecule has 0 amide bonds. The predicted octanol–water partition coefficient (Wildman–Crippen LogP) is 4.22. The van der Waals surface area contributed by atoms with Crippen LogP contribution in [0, 0.1) is 31.6 Å². The van der Waals surface area contributed by atoms with Gasteiger partial charge in [0.15, 0.2) is 0 Å². The summed E-state index contributed by atoms with van der Waals surface area (Å²) in [6.45, 7) is 0. The Morgan fingerprint density at radius 2 is 1.74 bits per heavy atom. The zero-order valence-electron chi connectivity index (χ0n) is 11.5. The van der Waals surface area contributed by atoms with Gasteiger partial charge >= 0.3 is 0 Å². The monoisotopic (exact) mass is 329 g/mol. The number of nitriles is 1. The largest absolute Gasteiger partial charge is 0.288 e. The Hall–Kier alpha value is -3.24. The second-order valence-corrected chi connectivity index (χ2v) is 4.85. The maximum atomic E-state index is 10.9. The highest BCUT2D eigenvalue weighted by Crippen LogP contribution is 2.27. The van der Waals surface area contributed by atoms with Crippen molar-refractivity contribution >= 4 is 34.6 Å². The summed E-state index contributed by atoms with van der Waals surface area (Å²) in [5.74, 6) is 0. The molecule has 0 unspecified atom stereocenters. The van der Waals surface area contributed by atoms with Crippen molar-refractivity contribution in [1.82, 2.24) is 0 Å². The van der Waals surface area contributed by atoms with Gasteiger partial charge in [-0.25, -0.2) is 0 Å². The van der Waals surface area contributed by atoms with Crippen LogP contribution in [-0.4, -0.2) is 9.85 Å². The number of nitro groups is 2. The molecule has 0 aliphatic heterocycles. The summed E-state index contributed by atoms with van der Waals surface area (Å²) in [5.41, 5.74) is 0.762. The Morgan fingerprint density at radius 1 is 1.09 bits per heavy atom. The molecule has 0 heterocycles. The summed E-state index contributed by atoms with van der Waals surface area (Å²) in [5, 5.41) is 30.7. The first-order valence-electron chi connectivity index (χ1n) is 6.23. The minimum absolute atomic E-state index is 0.000920. The van der Waals surface area contributed by atoms with Crippen LogP contribution in [0.3, 0.4) is 0 Å². The Balaban J connectivity index is 2.43. The fourth-order valence-electron chi connectivity index (χ4n) is 1.87. The standard InChI is InChI=1S/C15H8ClN3O4/c16-14-6-1-10(8-15(14)19(22)23)7-12(9-17)11-2-4-13(5-3-11)18(20)21/h1-8H/b12-7-. The minimum atomic E-state index is -0.613. The van der Waals surface area contributed by atoms with E-state index in [0.29, 0.717) is 11.1 Å². The fourth-order valence-corrected chi connectivity index (χ4v) is 2.06. The van der Waals surface area contributed by atoms with Gasteiger partial charge in [-0.05, 0) is 35.4 Å². The van der Waals surface area contributed by atoms with Gasteiger partial charge in [0, 0.05) is 18.2 Å². The van der Waals surface area contributed by atoms with Gasteiger partial charge in [0.2, 0.25) is 0 Å². The molecule has 0 N–H and O–H groups in total. The summed E-state index contributed by atoms with van der Waals surface area (Å²) in [6.07, 6.45) is 1.45. The molecule has 0 radical (unpaired) electrons. The van der Waals surface area contributed by atoms with Crippen LogP contribution in [0.1, 0.15) is 11.1 Å². The first-order chi connectivity index (χ1) is 10.9. The lowest BCUT2D eigenvalue weighted by Gasteiger charge is -2.01. The van der Waals surface area contributed by atoms with Gasteiger partial charge in [0.05, 0.1) is 21.5 Å². The average Bonchev–Trinajstić information content (AvgIpc) is 2.54. The maximum absolute atomic E-state index is 10.9. The summed E-state index contributed by atoms with van der Waals surface area (Å²) in [4.78, 5) is 20.3. The molecule has 0 fully saturated rings. The molecule has 2 aromatic carbocycles. The number of benzene rings is 2. The summed E-state index contributed by atoms with van der Waals surface area (Å²) in [7, 11) is 0. The topological polar surface area (TPSA) is 110 Å². The van der Waals surface area contributed by atoms with Crippen LogP contribution in [0.15, 0.2) is 42.5 Å². The van der Waals surface area contributed by atoms with Crippen molar-refractivity contribution in [1.29, 1.82) is 5.26 Å². The zero-order valence-corrected chi connectivity index (χ0v) is 12.2. The molecule has 7 nitrogen and oxygen atoms in total. The molecular formula is C15H8ClN3O4. The summed E-state index contributed by atoms with van der Waals surface area (Å²) in [6, 6.07) is 11.6. The van der Waals surface area contributed by atoms with Gasteiger partial charge < -0.3 is 0 Å². The van der Waals surface area contributed by atoms with Gasteiger partial charge in [-0.3, -0.25) is 20.2 Å². The molecule has 0 aliphatic carbocycles. The molecule has 0 saturated carbocycles. The molecule has 2 rings (SSSR count). The molecule has 0 bridgehead atoms. The molecule has 0 saturated heterocycles. The van der Waals surface area contributed by atoms with Crippen molar-refractivity contribution in [3.63, 3.8) is 0 Å². The average molecular weight is 330 g/mol. The summed E-state index contributed by atoms with van der Waals surface area (Å²) < 4.78 is 0. The van der Waals surface area contributed by atoms with Crippen LogP contribution in [0.5, 0.6) is 0 Å². The van der Waals surface area contributed by atoms with Gasteiger partial charge in [0.25, 0.3) is 11.4 Å². The van der Waals surface area contributed by atoms with Crippen molar-refractivity contribution in [2.75, 3.05) is 0 Å². The van der Waals surface area contributed by atoms with E-state index < -0.39 is 9.85 Å². The van der Waals surface area contributed by atoms with Crippen LogP contribution in [0.2, 0.25) is 5.02 Å². The van der Waals surface area contributed by atoms with E-state index in [-0.39, 0.29) is 22.0 Å². The lowest BCUT2D eigenvalue weighted by molar-refractivity contribution is -0.385. The number of nitrogens with zero attached hydrogens (tertiary/aromatic N) is 3. The highest BCUT2D eigenvalue weighted by molar-refractivity contribution is 6.32. The lowest BCUT2D eigenvalue weighted by atomic mass is 10.0. The van der Waals surface area contributed by atoms with Crippen LogP contribution < -0.4 is 0 Å². The van der Waals surface area contributed by atoms with Gasteiger partial charge in [-0.2, -0.15) is 5.26 Å². The SMILES string of the molecule is N#C/C(=C/c1ccc(Cl)c([N+](=O)[O-])c1)c1ccc([N+](=O)[O-])cc1. The number of allylic oxidation sites excluding steroid dienone is 1. The molecule has 2 aromatic rings. The Kier molecular flexibility index (Phi) is 4.69. The first-order valence-corrected chi connectivity index (χ1v) is 6.60. The Bertz CT molecular complexity index is 854. The van der Waals surface area contributed by atoms with Crippen LogP contribution in [-0.2, 0) is 0 Å². The van der Waals surface area contributed by atoms with E-state index in [1.165, 1.54) is 48.5 Å². The normalized spacial score (nSPS) is 10.9. The number of non-ortho nitro benzene ring substituents is 1. The van der Waals surface area contributed by atoms with Crippen LogP contribution in [0.4, 0.5) is 11.4 Å². The number of halogens is 1. The molecule has 114 valence electrons. The van der Waals surface area contributed by atoms with E-state index >= 15 is 0 Å². The highest BCUT2D eigenvalue weighted by Gasteiger charge is 2.13. The first kappa shape index (κ1) is 16.1. The molecule has 0 atom stereocenters. The smallest absolute Gasteiger partial charge is 0.258 e. The maximum Gasteiger partial charge on any atom is 0.288 e. The highest BCUT2D eigenvalue weighted by atomic mass is 35.5. The molecule has 0 aromatic heterocycles. The molecule has 23 heavy (non-hydrogen) atoms. The van der Waals surface area contributed by atoms with Crippen molar-refractivity contribution < 1.29 is 9.85 Å². The number of hydrogen-bond acceptors (Lipinski definition) is 5. The third-order valence-electron chi connectivity index (χ3n) is 2.99. The van der Waals surface area contributed by atoms with Gasteiger partial charge in [-0.1, -0.05) is 17.7 Å². The van der Waals surface area contributed by atoms with Crippen molar-refractivity contribution in [2.24, 2.45) is 0 Å². The van der Waals surface area contributed by atoms with Crippen LogP contribution >= 0.6 is 11.6 Å². The van der Waals surface area contributed by atoms with Gasteiger partial charge in [-0.15, -0.1) is 0 Å². The Morgan fingerprint density at radius 3 is 2.26 bits per heavy atom. The Labute approximate surface area is 135 Å². The molecule has 0 spiro atoms. The number of nitro benzene ring substituents is 2. The second kappa shape index (κ2) is 6.68. The van der Waals surface area contributed by atoms with E-state index in [4.69, 9.17) is 11.6 Å². The van der Waals surface area contributed by atoms with Crippen molar-refractivity contribution in [2.45, 2.75) is 0 Å². The van der Waals surface area contributed by atoms with E-state index in [0.717, 1.165) is 0 Å². The second-order valence-electron chi connectivity index (χ2n) is 4.44. The zero-order chi connectivity index (χ0) is 17.0.